The molecule has 1 aromatic heterocycles. The Hall–Kier alpha value is -2.09. The van der Waals surface area contributed by atoms with Crippen LogP contribution in [0.3, 0.4) is 0 Å². The largest absolute Gasteiger partial charge is 0.354 e. The van der Waals surface area contributed by atoms with E-state index in [0.717, 1.165) is 29.4 Å². The van der Waals surface area contributed by atoms with E-state index in [9.17, 15) is 4.39 Å². The number of hydrogen-bond acceptors (Lipinski definition) is 0. The van der Waals surface area contributed by atoms with Gasteiger partial charge >= 0.3 is 0 Å². The molecule has 1 aliphatic carbocycles. The van der Waals surface area contributed by atoms with Crippen LogP contribution in [0.15, 0.2) is 42.5 Å². The molecule has 1 heterocycles. The van der Waals surface area contributed by atoms with E-state index in [0.29, 0.717) is 0 Å². The van der Waals surface area contributed by atoms with Gasteiger partial charge in [0.25, 0.3) is 0 Å². The lowest BCUT2D eigenvalue weighted by Crippen LogP contribution is -2.02. The third kappa shape index (κ3) is 1.26. The second-order valence-corrected chi connectivity index (χ2v) is 4.83. The lowest BCUT2D eigenvalue weighted by atomic mass is 9.89. The first-order chi connectivity index (χ1) is 8.83. The number of H-pyrrole nitrogens is 1. The van der Waals surface area contributed by atoms with Crippen LogP contribution in [0.4, 0.5) is 4.39 Å². The smallest absolute Gasteiger partial charge is 0.123 e. The molecule has 88 valence electrons. The first-order valence-electron chi connectivity index (χ1n) is 6.21. The van der Waals surface area contributed by atoms with Gasteiger partial charge in [-0.3, -0.25) is 0 Å². The Kier molecular flexibility index (Phi) is 1.90. The summed E-state index contributed by atoms with van der Waals surface area (Å²) in [4.78, 5) is 3.43. The zero-order valence-electron chi connectivity index (χ0n) is 9.83. The fourth-order valence-corrected chi connectivity index (χ4v) is 2.95. The Balaban J connectivity index is 2.08. The first kappa shape index (κ1) is 9.89. The summed E-state index contributed by atoms with van der Waals surface area (Å²) in [7, 11) is 0. The minimum atomic E-state index is -0.164. The molecule has 0 saturated heterocycles. The first-order valence-corrected chi connectivity index (χ1v) is 6.21. The highest BCUT2D eigenvalue weighted by atomic mass is 19.1. The Morgan fingerprint density at radius 1 is 1.00 bits per heavy atom. The van der Waals surface area contributed by atoms with E-state index in [4.69, 9.17) is 0 Å². The van der Waals surface area contributed by atoms with Gasteiger partial charge < -0.3 is 4.98 Å². The Bertz CT molecular complexity index is 755. The quantitative estimate of drug-likeness (QED) is 0.606. The van der Waals surface area contributed by atoms with Crippen LogP contribution >= 0.6 is 0 Å². The van der Waals surface area contributed by atoms with Crippen LogP contribution in [0.5, 0.6) is 0 Å². The Labute approximate surface area is 104 Å². The molecular weight excluding hydrogens is 225 g/mol. The van der Waals surface area contributed by atoms with E-state index in [1.54, 1.807) is 6.07 Å². The molecule has 0 saturated carbocycles. The molecule has 0 amide bonds. The van der Waals surface area contributed by atoms with Gasteiger partial charge in [-0.05, 0) is 42.2 Å². The fraction of sp³-hybridized carbons (Fsp3) is 0.125. The fourth-order valence-electron chi connectivity index (χ4n) is 2.95. The summed E-state index contributed by atoms with van der Waals surface area (Å²) in [6, 6.07) is 13.4. The summed E-state index contributed by atoms with van der Waals surface area (Å²) in [5.74, 6) is -0.164. The van der Waals surface area contributed by atoms with Crippen LogP contribution in [0, 0.1) is 5.82 Å². The van der Waals surface area contributed by atoms with Crippen molar-refractivity contribution in [3.05, 3.63) is 59.4 Å². The summed E-state index contributed by atoms with van der Waals surface area (Å²) >= 11 is 0. The maximum Gasteiger partial charge on any atom is 0.123 e. The number of aromatic amines is 1. The third-order valence-corrected chi connectivity index (χ3v) is 3.80. The minimum absolute atomic E-state index is 0.164. The van der Waals surface area contributed by atoms with Gasteiger partial charge in [0.05, 0.1) is 0 Å². The van der Waals surface area contributed by atoms with Gasteiger partial charge in [0, 0.05) is 22.2 Å². The molecular formula is C16H12FN. The van der Waals surface area contributed by atoms with E-state index < -0.39 is 0 Å². The molecule has 2 heteroatoms. The highest BCUT2D eigenvalue weighted by molar-refractivity contribution is 5.92. The highest BCUT2D eigenvalue weighted by Crippen LogP contribution is 2.37. The lowest BCUT2D eigenvalue weighted by Gasteiger charge is -2.16. The molecule has 1 nitrogen and oxygen atoms in total. The van der Waals surface area contributed by atoms with Crippen LogP contribution in [0.1, 0.15) is 11.1 Å². The predicted octanol–water partition coefficient (Wildman–Crippen LogP) is 4.07. The number of rotatable bonds is 0. The number of fused-ring (bicyclic) bond motifs is 5. The van der Waals surface area contributed by atoms with E-state index in [1.165, 1.54) is 22.8 Å². The van der Waals surface area contributed by atoms with Crippen molar-refractivity contribution in [2.45, 2.75) is 12.8 Å². The molecule has 0 unspecified atom stereocenters. The second kappa shape index (κ2) is 3.45. The molecule has 1 aliphatic rings. The highest BCUT2D eigenvalue weighted by Gasteiger charge is 2.20. The number of aromatic nitrogens is 1. The van der Waals surface area contributed by atoms with Crippen molar-refractivity contribution in [2.75, 3.05) is 0 Å². The van der Waals surface area contributed by atoms with Gasteiger partial charge in [0.2, 0.25) is 0 Å². The van der Waals surface area contributed by atoms with Crippen molar-refractivity contribution in [3.63, 3.8) is 0 Å². The summed E-state index contributed by atoms with van der Waals surface area (Å²) < 4.78 is 13.4. The van der Waals surface area contributed by atoms with E-state index in [-0.39, 0.29) is 5.82 Å². The number of benzene rings is 2. The van der Waals surface area contributed by atoms with Crippen molar-refractivity contribution in [1.29, 1.82) is 0 Å². The van der Waals surface area contributed by atoms with Gasteiger partial charge in [-0.1, -0.05) is 24.3 Å². The molecule has 18 heavy (non-hydrogen) atoms. The van der Waals surface area contributed by atoms with Crippen LogP contribution in [0.2, 0.25) is 0 Å². The third-order valence-electron chi connectivity index (χ3n) is 3.80. The SMILES string of the molecule is Fc1ccc2[nH]c3c(c2c1)CCc1ccccc1-3. The molecule has 3 aromatic rings. The molecule has 0 aliphatic heterocycles. The van der Waals surface area contributed by atoms with Gasteiger partial charge in [-0.2, -0.15) is 0 Å². The van der Waals surface area contributed by atoms with Crippen molar-refractivity contribution in [3.8, 4) is 11.3 Å². The molecule has 2 aromatic carbocycles. The van der Waals surface area contributed by atoms with Crippen LogP contribution in [0.25, 0.3) is 22.2 Å². The number of nitrogens with one attached hydrogen (secondary N) is 1. The number of aryl methyl sites for hydroxylation is 2. The van der Waals surface area contributed by atoms with Gasteiger partial charge in [0.1, 0.15) is 5.82 Å². The van der Waals surface area contributed by atoms with Crippen LogP contribution in [-0.4, -0.2) is 4.98 Å². The monoisotopic (exact) mass is 237 g/mol. The molecule has 0 atom stereocenters. The van der Waals surface area contributed by atoms with Crippen molar-refractivity contribution in [1.82, 2.24) is 4.98 Å². The zero-order chi connectivity index (χ0) is 12.1. The topological polar surface area (TPSA) is 15.8 Å². The average Bonchev–Trinajstić information content (AvgIpc) is 2.77. The lowest BCUT2D eigenvalue weighted by molar-refractivity contribution is 0.629. The predicted molar refractivity (Wildman–Crippen MR) is 71.1 cm³/mol. The molecule has 1 N–H and O–H groups in total. The van der Waals surface area contributed by atoms with Gasteiger partial charge in [-0.25, -0.2) is 4.39 Å². The maximum atomic E-state index is 13.4. The Morgan fingerprint density at radius 2 is 1.89 bits per heavy atom. The van der Waals surface area contributed by atoms with Crippen molar-refractivity contribution < 1.29 is 4.39 Å². The van der Waals surface area contributed by atoms with Crippen LogP contribution in [-0.2, 0) is 12.8 Å². The molecule has 0 radical (unpaired) electrons. The number of hydrogen-bond donors (Lipinski definition) is 1. The zero-order valence-corrected chi connectivity index (χ0v) is 9.83. The van der Waals surface area contributed by atoms with E-state index in [1.807, 2.05) is 6.07 Å². The summed E-state index contributed by atoms with van der Waals surface area (Å²) in [5.41, 5.74) is 6.08. The number of halogens is 1. The molecule has 0 bridgehead atoms. The standard InChI is InChI=1S/C16H12FN/c17-11-6-8-15-14(9-11)13-7-5-10-3-1-2-4-12(10)16(13)18-15/h1-4,6,8-9,18H,5,7H2. The summed E-state index contributed by atoms with van der Waals surface area (Å²) in [5, 5.41) is 1.03. The normalized spacial score (nSPS) is 13.4. The molecule has 0 fully saturated rings. The van der Waals surface area contributed by atoms with E-state index in [2.05, 4.69) is 29.2 Å². The van der Waals surface area contributed by atoms with Crippen molar-refractivity contribution >= 4 is 10.9 Å². The van der Waals surface area contributed by atoms with Gasteiger partial charge in [-0.15, -0.1) is 0 Å². The second-order valence-electron chi connectivity index (χ2n) is 4.83. The minimum Gasteiger partial charge on any atom is -0.354 e. The molecule has 4 rings (SSSR count). The average molecular weight is 237 g/mol. The molecule has 0 spiro atoms. The van der Waals surface area contributed by atoms with Gasteiger partial charge in [0.15, 0.2) is 0 Å². The maximum absolute atomic E-state index is 13.4. The summed E-state index contributed by atoms with van der Waals surface area (Å²) in [6.07, 6.45) is 2.02. The Morgan fingerprint density at radius 3 is 2.83 bits per heavy atom. The van der Waals surface area contributed by atoms with Crippen LogP contribution < -0.4 is 0 Å². The van der Waals surface area contributed by atoms with Crippen molar-refractivity contribution in [2.24, 2.45) is 0 Å². The van der Waals surface area contributed by atoms with E-state index >= 15 is 0 Å². The summed E-state index contributed by atoms with van der Waals surface area (Å²) in [6.45, 7) is 0.